The Balaban J connectivity index is 2.77. The van der Waals surface area contributed by atoms with Gasteiger partial charge >= 0.3 is 0 Å². The zero-order chi connectivity index (χ0) is 8.43. The lowest BCUT2D eigenvalue weighted by Crippen LogP contribution is -2.38. The van der Waals surface area contributed by atoms with Crippen molar-refractivity contribution >= 4 is 0 Å². The van der Waals surface area contributed by atoms with Crippen molar-refractivity contribution in [3.05, 3.63) is 18.0 Å². The molecule has 1 rings (SSSR count). The first-order valence-corrected chi connectivity index (χ1v) is 4.12. The van der Waals surface area contributed by atoms with E-state index >= 15 is 0 Å². The average Bonchev–Trinajstić information content (AvgIpc) is 2.09. The van der Waals surface area contributed by atoms with Crippen molar-refractivity contribution in [2.24, 2.45) is 13.0 Å². The van der Waals surface area contributed by atoms with Crippen molar-refractivity contribution in [3.63, 3.8) is 0 Å². The molecule has 0 fully saturated rings. The summed E-state index contributed by atoms with van der Waals surface area (Å²) in [5.41, 5.74) is 1.33. The minimum atomic E-state index is 0.716. The van der Waals surface area contributed by atoms with Crippen molar-refractivity contribution in [1.82, 2.24) is 4.68 Å². The second-order valence-electron chi connectivity index (χ2n) is 3.59. The number of nitrogens with zero attached hydrogens (tertiary/aromatic N) is 2. The lowest BCUT2D eigenvalue weighted by molar-refractivity contribution is -0.754. The van der Waals surface area contributed by atoms with Crippen LogP contribution in [0.2, 0.25) is 0 Å². The van der Waals surface area contributed by atoms with Gasteiger partial charge in [-0.05, 0) is 12.8 Å². The molecule has 2 heteroatoms. The Morgan fingerprint density at radius 3 is 2.55 bits per heavy atom. The molecule has 0 saturated carbocycles. The monoisotopic (exact) mass is 153 g/mol. The van der Waals surface area contributed by atoms with Gasteiger partial charge in [-0.1, -0.05) is 13.8 Å². The number of hydrogen-bond donors (Lipinski definition) is 0. The second kappa shape index (κ2) is 3.07. The molecule has 0 aliphatic heterocycles. The first-order chi connectivity index (χ1) is 5.09. The van der Waals surface area contributed by atoms with Gasteiger partial charge in [0.05, 0.1) is 12.7 Å². The minimum Gasteiger partial charge on any atom is -0.161 e. The van der Waals surface area contributed by atoms with E-state index in [-0.39, 0.29) is 0 Å². The molecule has 0 radical (unpaired) electrons. The molecule has 0 N–H and O–H groups in total. The Labute approximate surface area is 68.4 Å². The highest BCUT2D eigenvalue weighted by atomic mass is 15.4. The van der Waals surface area contributed by atoms with Crippen LogP contribution in [-0.4, -0.2) is 4.68 Å². The highest BCUT2D eigenvalue weighted by Crippen LogP contribution is 1.98. The van der Waals surface area contributed by atoms with Gasteiger partial charge in [-0.25, -0.2) is 0 Å². The smallest absolute Gasteiger partial charge is 0.161 e. The van der Waals surface area contributed by atoms with E-state index in [1.165, 1.54) is 5.56 Å². The van der Waals surface area contributed by atoms with E-state index in [1.54, 1.807) is 0 Å². The summed E-state index contributed by atoms with van der Waals surface area (Å²) >= 11 is 0. The van der Waals surface area contributed by atoms with Gasteiger partial charge in [0.25, 0.3) is 0 Å². The topological polar surface area (TPSA) is 8.81 Å². The Hall–Kier alpha value is -0.790. The number of aryl methyl sites for hydroxylation is 2. The van der Waals surface area contributed by atoms with Crippen LogP contribution in [0.25, 0.3) is 0 Å². The van der Waals surface area contributed by atoms with E-state index in [2.05, 4.69) is 49.6 Å². The van der Waals surface area contributed by atoms with Crippen molar-refractivity contribution in [2.75, 3.05) is 0 Å². The maximum atomic E-state index is 2.24. The molecule has 0 unspecified atom stereocenters. The van der Waals surface area contributed by atoms with Crippen molar-refractivity contribution in [1.29, 1.82) is 0 Å². The molecule has 0 aliphatic carbocycles. The molecule has 0 aliphatic rings. The predicted molar refractivity (Wildman–Crippen MR) is 45.2 cm³/mol. The molecule has 0 amide bonds. The SMILES string of the molecule is Cc1cn(CC(C)C)[n+](C)c1. The first-order valence-electron chi connectivity index (χ1n) is 4.12. The summed E-state index contributed by atoms with van der Waals surface area (Å²) in [6, 6.07) is 0. The molecular weight excluding hydrogens is 136 g/mol. The molecule has 2 nitrogen and oxygen atoms in total. The molecule has 0 bridgehead atoms. The molecule has 1 aromatic heterocycles. The zero-order valence-electron chi connectivity index (χ0n) is 7.83. The lowest BCUT2D eigenvalue weighted by Gasteiger charge is -2.02. The largest absolute Gasteiger partial charge is 0.198 e. The third kappa shape index (κ3) is 2.07. The molecule has 62 valence electrons. The van der Waals surface area contributed by atoms with Crippen LogP contribution < -0.4 is 4.68 Å². The molecule has 1 heterocycles. The summed E-state index contributed by atoms with van der Waals surface area (Å²) in [4.78, 5) is 0. The maximum Gasteiger partial charge on any atom is 0.198 e. The van der Waals surface area contributed by atoms with Gasteiger partial charge in [0.2, 0.25) is 0 Å². The molecule has 11 heavy (non-hydrogen) atoms. The highest BCUT2D eigenvalue weighted by Gasteiger charge is 2.06. The quantitative estimate of drug-likeness (QED) is 0.566. The summed E-state index contributed by atoms with van der Waals surface area (Å²) in [6.07, 6.45) is 4.32. The summed E-state index contributed by atoms with van der Waals surface area (Å²) in [5, 5.41) is 0. The fourth-order valence-electron chi connectivity index (χ4n) is 1.28. The van der Waals surface area contributed by atoms with Gasteiger partial charge < -0.3 is 0 Å². The summed E-state index contributed by atoms with van der Waals surface area (Å²) in [7, 11) is 2.08. The van der Waals surface area contributed by atoms with Gasteiger partial charge in [-0.2, -0.15) is 4.68 Å². The molecule has 1 aromatic rings. The summed E-state index contributed by atoms with van der Waals surface area (Å²) < 4.78 is 4.37. The van der Waals surface area contributed by atoms with Crippen LogP contribution in [0.5, 0.6) is 0 Å². The predicted octanol–water partition coefficient (Wildman–Crippen LogP) is 1.28. The van der Waals surface area contributed by atoms with Crippen molar-refractivity contribution in [3.8, 4) is 0 Å². The molecule has 0 spiro atoms. The van der Waals surface area contributed by atoms with Crippen molar-refractivity contribution in [2.45, 2.75) is 27.3 Å². The van der Waals surface area contributed by atoms with Crippen LogP contribution in [-0.2, 0) is 13.6 Å². The number of aromatic nitrogens is 2. The lowest BCUT2D eigenvalue weighted by atomic mass is 10.2. The third-order valence-electron chi connectivity index (χ3n) is 1.70. The normalized spacial score (nSPS) is 11.0. The summed E-state index contributed by atoms with van der Waals surface area (Å²) in [6.45, 7) is 7.69. The van der Waals surface area contributed by atoms with Gasteiger partial charge in [0.15, 0.2) is 13.2 Å². The van der Waals surface area contributed by atoms with Crippen molar-refractivity contribution < 1.29 is 4.68 Å². The van der Waals surface area contributed by atoms with Gasteiger partial charge in [0, 0.05) is 5.56 Å². The molecular formula is C9H17N2+. The van der Waals surface area contributed by atoms with Gasteiger partial charge in [0.1, 0.15) is 0 Å². The zero-order valence-corrected chi connectivity index (χ0v) is 7.83. The van der Waals surface area contributed by atoms with E-state index in [0.29, 0.717) is 5.92 Å². The van der Waals surface area contributed by atoms with Crippen LogP contribution in [0.15, 0.2) is 12.4 Å². The Kier molecular flexibility index (Phi) is 2.32. The first kappa shape index (κ1) is 8.31. The summed E-state index contributed by atoms with van der Waals surface area (Å²) in [5.74, 6) is 0.716. The van der Waals surface area contributed by atoms with Gasteiger partial charge in [-0.15, -0.1) is 4.68 Å². The standard InChI is InChI=1S/C9H17N2/c1-8(2)5-11-7-9(3)6-10(11)4/h6-8H,5H2,1-4H3/q+1. The Bertz CT molecular complexity index is 236. The highest BCUT2D eigenvalue weighted by molar-refractivity contribution is 4.95. The Morgan fingerprint density at radius 1 is 1.55 bits per heavy atom. The second-order valence-corrected chi connectivity index (χ2v) is 3.59. The van der Waals surface area contributed by atoms with E-state index in [4.69, 9.17) is 0 Å². The van der Waals surface area contributed by atoms with E-state index < -0.39 is 0 Å². The fraction of sp³-hybridized carbons (Fsp3) is 0.667. The van der Waals surface area contributed by atoms with Crippen LogP contribution in [0.3, 0.4) is 0 Å². The van der Waals surface area contributed by atoms with Crippen LogP contribution in [0, 0.1) is 12.8 Å². The molecule has 0 aromatic carbocycles. The maximum absolute atomic E-state index is 2.24. The minimum absolute atomic E-state index is 0.716. The van der Waals surface area contributed by atoms with E-state index in [0.717, 1.165) is 6.54 Å². The molecule has 0 atom stereocenters. The number of rotatable bonds is 2. The third-order valence-corrected chi connectivity index (χ3v) is 1.70. The van der Waals surface area contributed by atoms with Gasteiger partial charge in [-0.3, -0.25) is 0 Å². The average molecular weight is 153 g/mol. The molecule has 0 saturated heterocycles. The number of hydrogen-bond acceptors (Lipinski definition) is 0. The van der Waals surface area contributed by atoms with Crippen LogP contribution >= 0.6 is 0 Å². The van der Waals surface area contributed by atoms with Crippen LogP contribution in [0.4, 0.5) is 0 Å². The van der Waals surface area contributed by atoms with E-state index in [1.807, 2.05) is 0 Å². The fourth-order valence-corrected chi connectivity index (χ4v) is 1.28. The van der Waals surface area contributed by atoms with E-state index in [9.17, 15) is 0 Å². The van der Waals surface area contributed by atoms with Crippen LogP contribution in [0.1, 0.15) is 19.4 Å². The Morgan fingerprint density at radius 2 is 2.18 bits per heavy atom.